The largest absolute Gasteiger partial charge is 0.467 e. The van der Waals surface area contributed by atoms with E-state index in [1.807, 2.05) is 0 Å². The fourth-order valence-corrected chi connectivity index (χ4v) is 7.77. The molecule has 3 saturated heterocycles. The molecule has 0 saturated carbocycles. The first-order chi connectivity index (χ1) is 23.7. The van der Waals surface area contributed by atoms with Crippen LogP contribution in [0.4, 0.5) is 40.9 Å². The fourth-order valence-electron chi connectivity index (χ4n) is 6.91. The Kier molecular flexibility index (Phi) is 9.92. The van der Waals surface area contributed by atoms with E-state index in [9.17, 15) is 35.5 Å². The summed E-state index contributed by atoms with van der Waals surface area (Å²) < 4.78 is 118. The van der Waals surface area contributed by atoms with Crippen LogP contribution in [-0.4, -0.2) is 89.3 Å². The van der Waals surface area contributed by atoms with E-state index in [0.717, 1.165) is 31.2 Å². The number of amides is 1. The van der Waals surface area contributed by atoms with Gasteiger partial charge in [-0.2, -0.15) is 23.1 Å². The van der Waals surface area contributed by atoms with Crippen molar-refractivity contribution >= 4 is 44.2 Å². The number of hydrogen-bond acceptors (Lipinski definition) is 8. The summed E-state index contributed by atoms with van der Waals surface area (Å²) in [5.74, 6) is -2.83. The summed E-state index contributed by atoms with van der Waals surface area (Å²) in [5.41, 5.74) is -4.09. The molecule has 0 N–H and O–H groups in total. The zero-order chi connectivity index (χ0) is 36.1. The van der Waals surface area contributed by atoms with Gasteiger partial charge < -0.3 is 14.5 Å². The van der Waals surface area contributed by atoms with E-state index >= 15 is 4.39 Å². The fraction of sp³-hybridized carbons (Fsp3) is 0.455. The number of hydrogen-bond donors (Lipinski definition) is 0. The minimum atomic E-state index is -5.14. The first-order valence-corrected chi connectivity index (χ1v) is 16.6. The number of aromatic nitrogens is 3. The second-order valence-corrected chi connectivity index (χ2v) is 13.4. The number of carbonyl (C=O) groups is 1. The molecule has 7 rings (SSSR count). The molecular formula is C33H32F8N6O2S. The molecule has 3 aliphatic rings. The van der Waals surface area contributed by atoms with Crippen molar-refractivity contribution < 1.29 is 44.7 Å². The molecule has 3 aliphatic heterocycles. The van der Waals surface area contributed by atoms with Crippen molar-refractivity contribution in [3.63, 3.8) is 0 Å². The molecule has 3 atom stereocenters. The van der Waals surface area contributed by atoms with Crippen molar-refractivity contribution in [2.45, 2.75) is 56.5 Å². The Morgan fingerprint density at radius 3 is 2.54 bits per heavy atom. The number of rotatable bonds is 6. The van der Waals surface area contributed by atoms with Gasteiger partial charge in [-0.1, -0.05) is 6.58 Å². The van der Waals surface area contributed by atoms with Gasteiger partial charge in [-0.15, -0.1) is 11.3 Å². The molecule has 0 spiro atoms. The second kappa shape index (κ2) is 13.9. The highest BCUT2D eigenvalue weighted by molar-refractivity contribution is 7.18. The van der Waals surface area contributed by atoms with Gasteiger partial charge in [0.25, 0.3) is 6.43 Å². The molecule has 5 heterocycles. The average molecular weight is 729 g/mol. The summed E-state index contributed by atoms with van der Waals surface area (Å²) >= 11 is 0.268. The molecule has 1 amide bonds. The average Bonchev–Trinajstić information content (AvgIpc) is 3.89. The Labute approximate surface area is 285 Å². The number of methoxy groups -OCH3 is 1. The standard InChI is InChI=1S/C26H20F7N5O2S.C7H12FN/c1-4-16(39)38-8-7-11(10-38)37(2)23-13-9-14(26(31,32)33)17(18(28)19(13)35-25(36-23)40-3)12-5-6-15(27)21-20(12)34-24(41-21)22(29)30;8-6-4-7-2-1-3-9(7)5-6/h4-6,9,11,22H,1,7-8,10H2,2-3H3;6-7H,1-5H2. The van der Waals surface area contributed by atoms with E-state index in [2.05, 4.69) is 26.4 Å². The number of anilines is 1. The lowest BCUT2D eigenvalue weighted by molar-refractivity contribution is -0.137. The van der Waals surface area contributed by atoms with E-state index in [1.165, 1.54) is 36.8 Å². The van der Waals surface area contributed by atoms with Crippen LogP contribution in [0.15, 0.2) is 30.9 Å². The number of benzene rings is 2. The third-order valence-corrected chi connectivity index (χ3v) is 10.4. The molecule has 4 aromatic rings. The van der Waals surface area contributed by atoms with Gasteiger partial charge in [0.15, 0.2) is 10.8 Å². The first kappa shape index (κ1) is 35.7. The van der Waals surface area contributed by atoms with Crippen LogP contribution in [0, 0.1) is 11.6 Å². The van der Waals surface area contributed by atoms with Crippen LogP contribution in [0.5, 0.6) is 6.01 Å². The van der Waals surface area contributed by atoms with Crippen molar-refractivity contribution in [1.29, 1.82) is 0 Å². The van der Waals surface area contributed by atoms with Crippen LogP contribution in [0.3, 0.4) is 0 Å². The highest BCUT2D eigenvalue weighted by atomic mass is 32.1. The minimum absolute atomic E-state index is 0.0846. The number of thiazole rings is 1. The molecular weight excluding hydrogens is 696 g/mol. The number of likely N-dealkylation sites (N-methyl/N-ethyl adjacent to an activating group) is 1. The molecule has 0 aliphatic carbocycles. The molecule has 0 bridgehead atoms. The lowest BCUT2D eigenvalue weighted by atomic mass is 9.95. The number of ether oxygens (including phenoxy) is 1. The maximum atomic E-state index is 16.3. The normalized spacial score (nSPS) is 20.8. The summed E-state index contributed by atoms with van der Waals surface area (Å²) in [6.45, 7) is 5.89. The van der Waals surface area contributed by atoms with Crippen molar-refractivity contribution in [2.24, 2.45) is 0 Å². The highest BCUT2D eigenvalue weighted by Gasteiger charge is 2.39. The topological polar surface area (TPSA) is 74.7 Å². The predicted octanol–water partition coefficient (Wildman–Crippen LogP) is 7.57. The Hall–Kier alpha value is -4.12. The zero-order valence-electron chi connectivity index (χ0n) is 26.9. The Morgan fingerprint density at radius 2 is 1.88 bits per heavy atom. The number of nitrogens with zero attached hydrogens (tertiary/aromatic N) is 6. The lowest BCUT2D eigenvalue weighted by Crippen LogP contribution is -2.36. The molecule has 3 unspecified atom stereocenters. The molecule has 268 valence electrons. The Balaban J connectivity index is 0.000000412. The quantitative estimate of drug-likeness (QED) is 0.150. The summed E-state index contributed by atoms with van der Waals surface area (Å²) in [4.78, 5) is 29.2. The number of alkyl halides is 6. The summed E-state index contributed by atoms with van der Waals surface area (Å²) in [7, 11) is 2.73. The minimum Gasteiger partial charge on any atom is -0.467 e. The van der Waals surface area contributed by atoms with Crippen LogP contribution in [-0.2, 0) is 11.0 Å². The molecule has 3 fully saturated rings. The van der Waals surface area contributed by atoms with Crippen molar-refractivity contribution in [1.82, 2.24) is 24.8 Å². The van der Waals surface area contributed by atoms with Gasteiger partial charge in [-0.25, -0.2) is 26.9 Å². The van der Waals surface area contributed by atoms with Gasteiger partial charge in [-0.3, -0.25) is 9.69 Å². The lowest BCUT2D eigenvalue weighted by Gasteiger charge is -2.27. The van der Waals surface area contributed by atoms with E-state index in [4.69, 9.17) is 4.74 Å². The first-order valence-electron chi connectivity index (χ1n) is 15.8. The van der Waals surface area contributed by atoms with Gasteiger partial charge >= 0.3 is 12.2 Å². The van der Waals surface area contributed by atoms with Gasteiger partial charge in [-0.05, 0) is 56.5 Å². The highest BCUT2D eigenvalue weighted by Crippen LogP contribution is 2.46. The van der Waals surface area contributed by atoms with Crippen molar-refractivity contribution in [2.75, 3.05) is 45.2 Å². The van der Waals surface area contributed by atoms with E-state index < -0.39 is 73.9 Å². The molecule has 0 radical (unpaired) electrons. The number of carbonyl (C=O) groups excluding carboxylic acids is 1. The molecule has 2 aromatic carbocycles. The zero-order valence-corrected chi connectivity index (χ0v) is 27.7. The number of fused-ring (bicyclic) bond motifs is 3. The van der Waals surface area contributed by atoms with Crippen molar-refractivity contribution in [3.05, 3.63) is 53.1 Å². The third kappa shape index (κ3) is 6.68. The predicted molar refractivity (Wildman–Crippen MR) is 172 cm³/mol. The van der Waals surface area contributed by atoms with Crippen LogP contribution < -0.4 is 9.64 Å². The van der Waals surface area contributed by atoms with Crippen molar-refractivity contribution in [3.8, 4) is 17.1 Å². The van der Waals surface area contributed by atoms with Crippen LogP contribution in [0.2, 0.25) is 0 Å². The van der Waals surface area contributed by atoms with E-state index in [-0.39, 0.29) is 41.0 Å². The molecule has 2 aromatic heterocycles. The maximum Gasteiger partial charge on any atom is 0.417 e. The number of halogens is 8. The van der Waals surface area contributed by atoms with E-state index in [1.54, 1.807) is 0 Å². The Bertz CT molecular complexity index is 1930. The maximum absolute atomic E-state index is 16.3. The summed E-state index contributed by atoms with van der Waals surface area (Å²) in [6.07, 6.45) is -3.85. The molecule has 17 heteroatoms. The van der Waals surface area contributed by atoms with Gasteiger partial charge in [0.05, 0.1) is 22.9 Å². The second-order valence-electron chi connectivity index (χ2n) is 12.3. The van der Waals surface area contributed by atoms with Gasteiger partial charge in [0.1, 0.15) is 23.3 Å². The van der Waals surface area contributed by atoms with Crippen LogP contribution in [0.25, 0.3) is 32.2 Å². The SMILES string of the molecule is C=CC(=O)N1CCC(N(C)c2nc(OC)nc3c(F)c(-c4ccc(F)c5sc(C(F)F)nc45)c(C(F)(F)F)cc23)C1.FC1CC2CCCN2C1. The van der Waals surface area contributed by atoms with E-state index in [0.29, 0.717) is 31.6 Å². The molecule has 8 nitrogen and oxygen atoms in total. The third-order valence-electron chi connectivity index (χ3n) is 9.34. The Morgan fingerprint density at radius 1 is 1.12 bits per heavy atom. The molecule has 50 heavy (non-hydrogen) atoms. The monoisotopic (exact) mass is 728 g/mol. The summed E-state index contributed by atoms with van der Waals surface area (Å²) in [5, 5.41) is -1.13. The van der Waals surface area contributed by atoms with Gasteiger partial charge in [0, 0.05) is 55.3 Å². The number of likely N-dealkylation sites (tertiary alicyclic amines) is 1. The van der Waals surface area contributed by atoms with Crippen LogP contribution >= 0.6 is 11.3 Å². The van der Waals surface area contributed by atoms with Crippen LogP contribution in [0.1, 0.15) is 42.7 Å². The smallest absolute Gasteiger partial charge is 0.417 e. The van der Waals surface area contributed by atoms with Gasteiger partial charge in [0.2, 0.25) is 5.91 Å². The summed E-state index contributed by atoms with van der Waals surface area (Å²) in [6, 6.07) is 2.17.